The van der Waals surface area contributed by atoms with Gasteiger partial charge in [-0.05, 0) is 79.6 Å². The van der Waals surface area contributed by atoms with E-state index in [9.17, 15) is 25.2 Å². The van der Waals surface area contributed by atoms with E-state index >= 15 is 0 Å². The molecular weight excluding hydrogens is 552 g/mol. The van der Waals surface area contributed by atoms with E-state index in [2.05, 4.69) is 0 Å². The van der Waals surface area contributed by atoms with Crippen molar-refractivity contribution in [3.05, 3.63) is 70.8 Å². The lowest BCUT2D eigenvalue weighted by molar-refractivity contribution is -0.139. The number of aliphatic hydroxyl groups excluding tert-OH is 1. The van der Waals surface area contributed by atoms with Crippen molar-refractivity contribution < 1.29 is 38.4 Å². The minimum absolute atomic E-state index is 0.0800. The van der Waals surface area contributed by atoms with Crippen LogP contribution in [0, 0.1) is 22.7 Å². The summed E-state index contributed by atoms with van der Waals surface area (Å²) in [6, 6.07) is 17.5. The lowest BCUT2D eigenvalue weighted by atomic mass is 10.1. The van der Waals surface area contributed by atoms with Crippen molar-refractivity contribution in [3.63, 3.8) is 0 Å². The first-order valence-corrected chi connectivity index (χ1v) is 14.1. The number of ether oxygens (including phenoxy) is 5. The summed E-state index contributed by atoms with van der Waals surface area (Å²) in [5.41, 5.74) is 1.15. The zero-order valence-corrected chi connectivity index (χ0v) is 24.6. The summed E-state index contributed by atoms with van der Waals surface area (Å²) >= 11 is 0. The van der Waals surface area contributed by atoms with Gasteiger partial charge in [0.2, 0.25) is 0 Å². The van der Waals surface area contributed by atoms with Crippen LogP contribution in [0.5, 0.6) is 11.5 Å². The second-order valence-corrected chi connectivity index (χ2v) is 9.35. The molecule has 0 spiro atoms. The average molecular weight is 591 g/mol. The number of nitriles is 2. The van der Waals surface area contributed by atoms with Crippen LogP contribution in [0.3, 0.4) is 0 Å². The largest absolute Gasteiger partial charge is 0.497 e. The van der Waals surface area contributed by atoms with Gasteiger partial charge in [-0.3, -0.25) is 0 Å². The Labute approximate surface area is 252 Å². The molecule has 0 aliphatic rings. The van der Waals surface area contributed by atoms with Crippen molar-refractivity contribution in [2.24, 2.45) is 0 Å². The van der Waals surface area contributed by atoms with Gasteiger partial charge in [0.1, 0.15) is 41.4 Å². The third-order valence-electron chi connectivity index (χ3n) is 6.04. The van der Waals surface area contributed by atoms with E-state index in [1.807, 2.05) is 19.1 Å². The lowest BCUT2D eigenvalue weighted by Gasteiger charge is -2.10. The van der Waals surface area contributed by atoms with E-state index in [0.717, 1.165) is 0 Å². The van der Waals surface area contributed by atoms with Gasteiger partial charge in [0.15, 0.2) is 0 Å². The van der Waals surface area contributed by atoms with E-state index in [1.54, 1.807) is 55.6 Å². The molecule has 0 heterocycles. The first kappa shape index (κ1) is 34.6. The first-order valence-electron chi connectivity index (χ1n) is 14.1. The van der Waals surface area contributed by atoms with Crippen LogP contribution in [-0.4, -0.2) is 63.3 Å². The van der Waals surface area contributed by atoms with Gasteiger partial charge in [-0.2, -0.15) is 10.5 Å². The van der Waals surface area contributed by atoms with E-state index in [1.165, 1.54) is 12.2 Å². The molecule has 43 heavy (non-hydrogen) atoms. The number of nitrogens with zero attached hydrogens (tertiary/aromatic N) is 2. The number of carbonyl (C=O) groups excluding carboxylic acids is 2. The Hall–Kier alpha value is -4.64. The van der Waals surface area contributed by atoms with E-state index in [4.69, 9.17) is 23.7 Å². The van der Waals surface area contributed by atoms with Gasteiger partial charge in [0, 0.05) is 13.2 Å². The standard InChI is InChI=1S/C33H38N2O8/c1-3-29(36)24-43-31-14-10-26(11-15-31)21-28(23-35)33(38)42-19-7-5-17-40-16-4-6-18-41-32(37)27(22-34)20-25-8-12-30(39-2)13-9-25/h8-15,20-21,29,36H,3-7,16-19,24H2,1-2H3/b27-20+,28-21+. The molecule has 2 rings (SSSR count). The van der Waals surface area contributed by atoms with Crippen molar-refractivity contribution in [2.75, 3.05) is 40.1 Å². The lowest BCUT2D eigenvalue weighted by Crippen LogP contribution is -2.15. The fourth-order valence-corrected chi connectivity index (χ4v) is 3.48. The molecule has 1 atom stereocenters. The van der Waals surface area contributed by atoms with Crippen LogP contribution in [0.1, 0.15) is 50.2 Å². The Kier molecular flexibility index (Phi) is 16.3. The Balaban J connectivity index is 1.56. The summed E-state index contributed by atoms with van der Waals surface area (Å²) in [6.45, 7) is 3.36. The summed E-state index contributed by atoms with van der Waals surface area (Å²) in [5, 5.41) is 28.2. The molecule has 228 valence electrons. The number of hydrogen-bond acceptors (Lipinski definition) is 10. The Morgan fingerprint density at radius 1 is 0.767 bits per heavy atom. The highest BCUT2D eigenvalue weighted by molar-refractivity contribution is 5.98. The Bertz CT molecular complexity index is 1290. The first-order chi connectivity index (χ1) is 20.9. The number of rotatable bonds is 19. The van der Waals surface area contributed by atoms with Crippen LogP contribution in [0.2, 0.25) is 0 Å². The van der Waals surface area contributed by atoms with Gasteiger partial charge in [-0.25, -0.2) is 9.59 Å². The highest BCUT2D eigenvalue weighted by Crippen LogP contribution is 2.16. The predicted octanol–water partition coefficient (Wildman–Crippen LogP) is 5.02. The molecule has 0 amide bonds. The van der Waals surface area contributed by atoms with Crippen LogP contribution in [0.25, 0.3) is 12.2 Å². The quantitative estimate of drug-likeness (QED) is 0.102. The maximum Gasteiger partial charge on any atom is 0.348 e. The van der Waals surface area contributed by atoms with Gasteiger partial charge in [-0.15, -0.1) is 0 Å². The molecule has 0 aliphatic heterocycles. The summed E-state index contributed by atoms with van der Waals surface area (Å²) in [4.78, 5) is 24.4. The van der Waals surface area contributed by atoms with Crippen LogP contribution >= 0.6 is 0 Å². The molecule has 2 aromatic carbocycles. The topological polar surface area (TPSA) is 148 Å². The van der Waals surface area contributed by atoms with Crippen molar-refractivity contribution >= 4 is 24.1 Å². The molecule has 0 saturated carbocycles. The van der Waals surface area contributed by atoms with Gasteiger partial charge in [0.25, 0.3) is 0 Å². The number of hydrogen-bond donors (Lipinski definition) is 1. The zero-order chi connectivity index (χ0) is 31.3. The number of carbonyl (C=O) groups is 2. The third-order valence-corrected chi connectivity index (χ3v) is 6.04. The number of benzene rings is 2. The average Bonchev–Trinajstić information content (AvgIpc) is 3.04. The van der Waals surface area contributed by atoms with Crippen molar-refractivity contribution in [2.45, 2.75) is 45.1 Å². The molecule has 0 aliphatic carbocycles. The van der Waals surface area contributed by atoms with Crippen LogP contribution in [-0.2, 0) is 23.8 Å². The maximum atomic E-state index is 12.3. The van der Waals surface area contributed by atoms with Crippen molar-refractivity contribution in [1.29, 1.82) is 10.5 Å². The third kappa shape index (κ3) is 13.7. The molecule has 0 aromatic heterocycles. The second-order valence-electron chi connectivity index (χ2n) is 9.35. The van der Waals surface area contributed by atoms with Crippen molar-refractivity contribution in [1.82, 2.24) is 0 Å². The Morgan fingerprint density at radius 2 is 1.21 bits per heavy atom. The number of esters is 2. The van der Waals surface area contributed by atoms with Crippen LogP contribution < -0.4 is 9.47 Å². The second kappa shape index (κ2) is 20.3. The van der Waals surface area contributed by atoms with Gasteiger partial charge in [-0.1, -0.05) is 31.2 Å². The minimum atomic E-state index is -0.692. The van der Waals surface area contributed by atoms with Gasteiger partial charge >= 0.3 is 11.9 Å². The van der Waals surface area contributed by atoms with E-state index in [-0.39, 0.29) is 31.0 Å². The predicted molar refractivity (Wildman–Crippen MR) is 160 cm³/mol. The van der Waals surface area contributed by atoms with Crippen LogP contribution in [0.4, 0.5) is 0 Å². The fraction of sp³-hybridized carbons (Fsp3) is 0.394. The fourth-order valence-electron chi connectivity index (χ4n) is 3.48. The maximum absolute atomic E-state index is 12.3. The molecule has 0 saturated heterocycles. The van der Waals surface area contributed by atoms with Crippen LogP contribution in [0.15, 0.2) is 59.7 Å². The molecule has 1 N–H and O–H groups in total. The van der Waals surface area contributed by atoms with E-state index in [0.29, 0.717) is 67.9 Å². The molecule has 0 bridgehead atoms. The summed E-state index contributed by atoms with van der Waals surface area (Å²) in [6.07, 6.45) is 5.50. The van der Waals surface area contributed by atoms with Gasteiger partial charge < -0.3 is 28.8 Å². The smallest absolute Gasteiger partial charge is 0.348 e. The highest BCUT2D eigenvalue weighted by atomic mass is 16.5. The number of aliphatic hydroxyl groups is 1. The molecular formula is C33H38N2O8. The summed E-state index contributed by atoms with van der Waals surface area (Å²) in [7, 11) is 1.56. The number of methoxy groups -OCH3 is 1. The van der Waals surface area contributed by atoms with Crippen molar-refractivity contribution in [3.8, 4) is 23.6 Å². The molecule has 10 heteroatoms. The molecule has 1 unspecified atom stereocenters. The summed E-state index contributed by atoms with van der Waals surface area (Å²) in [5.74, 6) is -0.102. The van der Waals surface area contributed by atoms with Gasteiger partial charge in [0.05, 0.1) is 26.4 Å². The van der Waals surface area contributed by atoms with E-state index < -0.39 is 18.0 Å². The minimum Gasteiger partial charge on any atom is -0.497 e. The molecule has 0 radical (unpaired) electrons. The highest BCUT2D eigenvalue weighted by Gasteiger charge is 2.12. The SMILES string of the molecule is CCC(O)COc1ccc(/C=C(\C#N)C(=O)OCCCCOCCCCOC(=O)/C(C#N)=C/c2ccc(OC)cc2)cc1. The monoisotopic (exact) mass is 590 g/mol. The summed E-state index contributed by atoms with van der Waals surface area (Å²) < 4.78 is 26.5. The number of unbranched alkanes of at least 4 members (excludes halogenated alkanes) is 2. The Morgan fingerprint density at radius 3 is 1.63 bits per heavy atom. The molecule has 0 fully saturated rings. The molecule has 10 nitrogen and oxygen atoms in total. The normalized spacial score (nSPS) is 12.0. The zero-order valence-electron chi connectivity index (χ0n) is 24.6. The molecule has 2 aromatic rings.